The molecule has 3 heterocycles. The Morgan fingerprint density at radius 1 is 1.11 bits per heavy atom. The summed E-state index contributed by atoms with van der Waals surface area (Å²) in [6.07, 6.45) is 0. The number of aromatic nitrogens is 4. The average Bonchev–Trinajstić information content (AvgIpc) is 3.44. The molecule has 0 atom stereocenters. The molecule has 1 aliphatic rings. The number of carbonyl (C=O) groups excluding carboxylic acids is 1. The minimum absolute atomic E-state index is 0.0293. The molecule has 1 N–H and O–H groups in total. The highest BCUT2D eigenvalue weighted by atomic mass is 35.5. The van der Waals surface area contributed by atoms with E-state index in [0.29, 0.717) is 27.4 Å². The largest absolute Gasteiger partial charge is 0.454 e. The molecule has 1 amide bonds. The van der Waals surface area contributed by atoms with Crippen LogP contribution in [0.15, 0.2) is 57.2 Å². The van der Waals surface area contributed by atoms with E-state index in [1.807, 2.05) is 12.1 Å². The molecule has 35 heavy (non-hydrogen) atoms. The van der Waals surface area contributed by atoms with Crippen molar-refractivity contribution in [1.29, 1.82) is 0 Å². The summed E-state index contributed by atoms with van der Waals surface area (Å²) in [5.41, 5.74) is 0.997. The maximum Gasteiger partial charge on any atom is 0.332 e. The van der Waals surface area contributed by atoms with Crippen molar-refractivity contribution < 1.29 is 14.3 Å². The number of benzene rings is 2. The van der Waals surface area contributed by atoms with E-state index in [2.05, 4.69) is 10.3 Å². The summed E-state index contributed by atoms with van der Waals surface area (Å²) in [5.74, 6) is 0.952. The third-order valence-electron chi connectivity index (χ3n) is 5.53. The molecule has 0 bridgehead atoms. The Balaban J connectivity index is 1.46. The molecule has 5 rings (SSSR count). The van der Waals surface area contributed by atoms with Gasteiger partial charge in [-0.15, -0.1) is 0 Å². The van der Waals surface area contributed by atoms with Gasteiger partial charge in [0.25, 0.3) is 5.56 Å². The lowest BCUT2D eigenvalue weighted by Crippen LogP contribution is -2.37. The van der Waals surface area contributed by atoms with Crippen molar-refractivity contribution in [2.24, 2.45) is 14.1 Å². The normalized spacial score (nSPS) is 12.3. The molecule has 10 nitrogen and oxygen atoms in total. The van der Waals surface area contributed by atoms with Crippen LogP contribution in [0.25, 0.3) is 11.2 Å². The van der Waals surface area contributed by atoms with E-state index in [0.717, 1.165) is 10.1 Å². The van der Waals surface area contributed by atoms with Gasteiger partial charge in [-0.1, -0.05) is 35.5 Å². The van der Waals surface area contributed by atoms with E-state index >= 15 is 0 Å². The third kappa shape index (κ3) is 4.40. The molecule has 1 aliphatic heterocycles. The van der Waals surface area contributed by atoms with Gasteiger partial charge in [0.05, 0.1) is 12.3 Å². The second kappa shape index (κ2) is 9.16. The summed E-state index contributed by atoms with van der Waals surface area (Å²) < 4.78 is 14.7. The van der Waals surface area contributed by atoms with E-state index in [1.54, 1.807) is 41.9 Å². The SMILES string of the molecule is Cn1c(=O)c2c(nc(SCC(=O)Nc3ccc4c(c3)OCO4)n2Cc2cccc(Cl)c2)n(C)c1=O. The van der Waals surface area contributed by atoms with Gasteiger partial charge < -0.3 is 19.4 Å². The fourth-order valence-corrected chi connectivity index (χ4v) is 4.81. The van der Waals surface area contributed by atoms with Crippen molar-refractivity contribution >= 4 is 46.1 Å². The summed E-state index contributed by atoms with van der Waals surface area (Å²) in [4.78, 5) is 42.7. The number of hydrogen-bond acceptors (Lipinski definition) is 7. The number of aryl methyl sites for hydroxylation is 1. The van der Waals surface area contributed by atoms with Gasteiger partial charge in [-0.25, -0.2) is 9.78 Å². The molecule has 4 aromatic rings. The lowest BCUT2D eigenvalue weighted by atomic mass is 10.2. The second-order valence-electron chi connectivity index (χ2n) is 7.89. The van der Waals surface area contributed by atoms with Crippen LogP contribution in [0.2, 0.25) is 5.02 Å². The summed E-state index contributed by atoms with van der Waals surface area (Å²) >= 11 is 7.31. The van der Waals surface area contributed by atoms with Gasteiger partial charge in [0.2, 0.25) is 12.7 Å². The number of anilines is 1. The predicted octanol–water partition coefficient (Wildman–Crippen LogP) is 2.59. The number of imidazole rings is 1. The number of ether oxygens (including phenoxy) is 2. The maximum absolute atomic E-state index is 13.0. The van der Waals surface area contributed by atoms with E-state index in [9.17, 15) is 14.4 Å². The zero-order chi connectivity index (χ0) is 24.7. The van der Waals surface area contributed by atoms with Crippen molar-refractivity contribution in [3.63, 3.8) is 0 Å². The van der Waals surface area contributed by atoms with Gasteiger partial charge in [0.15, 0.2) is 27.8 Å². The number of amides is 1. The first-order chi connectivity index (χ1) is 16.8. The molecule has 0 saturated carbocycles. The fraction of sp³-hybridized carbons (Fsp3) is 0.217. The molecule has 0 unspecified atom stereocenters. The monoisotopic (exact) mass is 513 g/mol. The Hall–Kier alpha value is -3.70. The predicted molar refractivity (Wildman–Crippen MR) is 133 cm³/mol. The Labute approximate surface area is 208 Å². The van der Waals surface area contributed by atoms with Crippen LogP contribution in [0.5, 0.6) is 11.5 Å². The highest BCUT2D eigenvalue weighted by Crippen LogP contribution is 2.34. The van der Waals surface area contributed by atoms with Crippen LogP contribution in [0, 0.1) is 0 Å². The molecular formula is C23H20ClN5O5S. The van der Waals surface area contributed by atoms with Gasteiger partial charge in [0, 0.05) is 30.9 Å². The number of rotatable bonds is 6. The van der Waals surface area contributed by atoms with E-state index < -0.39 is 11.2 Å². The summed E-state index contributed by atoms with van der Waals surface area (Å²) in [6.45, 7) is 0.435. The van der Waals surface area contributed by atoms with Gasteiger partial charge in [-0.3, -0.25) is 18.7 Å². The van der Waals surface area contributed by atoms with E-state index in [-0.39, 0.29) is 36.2 Å². The first-order valence-corrected chi connectivity index (χ1v) is 11.9. The molecular weight excluding hydrogens is 494 g/mol. The van der Waals surface area contributed by atoms with Crippen LogP contribution >= 0.6 is 23.4 Å². The number of carbonyl (C=O) groups is 1. The number of halogens is 1. The topological polar surface area (TPSA) is 109 Å². The van der Waals surface area contributed by atoms with Gasteiger partial charge in [0.1, 0.15) is 0 Å². The molecule has 12 heteroatoms. The Bertz CT molecular complexity index is 1590. The lowest BCUT2D eigenvalue weighted by Gasteiger charge is -2.10. The Kier molecular flexibility index (Phi) is 6.03. The summed E-state index contributed by atoms with van der Waals surface area (Å²) in [6, 6.07) is 12.4. The van der Waals surface area contributed by atoms with Gasteiger partial charge >= 0.3 is 5.69 Å². The number of nitrogens with zero attached hydrogens (tertiary/aromatic N) is 4. The standard InChI is InChI=1S/C23H20ClN5O5S/c1-27-20-19(21(31)28(2)23(27)32)29(10-13-4-3-5-14(24)8-13)22(26-20)35-11-18(30)25-15-6-7-16-17(9-15)34-12-33-16/h3-9H,10-12H2,1-2H3,(H,25,30). The summed E-state index contributed by atoms with van der Waals surface area (Å²) in [5, 5.41) is 3.81. The van der Waals surface area contributed by atoms with E-state index in [1.165, 1.54) is 23.4 Å². The van der Waals surface area contributed by atoms with Crippen LogP contribution in [0.3, 0.4) is 0 Å². The van der Waals surface area contributed by atoms with Crippen molar-refractivity contribution in [2.45, 2.75) is 11.7 Å². The van der Waals surface area contributed by atoms with Crippen LogP contribution in [0.1, 0.15) is 5.56 Å². The van der Waals surface area contributed by atoms with Crippen molar-refractivity contribution in [2.75, 3.05) is 17.9 Å². The Morgan fingerprint density at radius 2 is 1.91 bits per heavy atom. The number of nitrogens with one attached hydrogen (secondary N) is 1. The second-order valence-corrected chi connectivity index (χ2v) is 9.27. The quantitative estimate of drug-likeness (QED) is 0.395. The average molecular weight is 514 g/mol. The first-order valence-electron chi connectivity index (χ1n) is 10.5. The lowest BCUT2D eigenvalue weighted by molar-refractivity contribution is -0.113. The molecule has 0 aliphatic carbocycles. The molecule has 0 spiro atoms. The zero-order valence-electron chi connectivity index (χ0n) is 18.8. The zero-order valence-corrected chi connectivity index (χ0v) is 20.4. The molecule has 180 valence electrons. The third-order valence-corrected chi connectivity index (χ3v) is 6.74. The fourth-order valence-electron chi connectivity index (χ4n) is 3.80. The first kappa shape index (κ1) is 23.1. The highest BCUT2D eigenvalue weighted by Gasteiger charge is 2.21. The smallest absolute Gasteiger partial charge is 0.332 e. The van der Waals surface area contributed by atoms with Crippen LogP contribution in [-0.4, -0.2) is 37.1 Å². The summed E-state index contributed by atoms with van der Waals surface area (Å²) in [7, 11) is 2.98. The minimum atomic E-state index is -0.480. The van der Waals surface area contributed by atoms with Crippen molar-refractivity contribution in [1.82, 2.24) is 18.7 Å². The number of thioether (sulfide) groups is 1. The van der Waals surface area contributed by atoms with Crippen LogP contribution < -0.4 is 26.0 Å². The maximum atomic E-state index is 13.0. The minimum Gasteiger partial charge on any atom is -0.454 e. The van der Waals surface area contributed by atoms with Crippen molar-refractivity contribution in [3.8, 4) is 11.5 Å². The van der Waals surface area contributed by atoms with Gasteiger partial charge in [-0.2, -0.15) is 0 Å². The molecule has 0 fully saturated rings. The van der Waals surface area contributed by atoms with Crippen LogP contribution in [0.4, 0.5) is 5.69 Å². The molecule has 0 radical (unpaired) electrons. The van der Waals surface area contributed by atoms with Gasteiger partial charge in [-0.05, 0) is 29.8 Å². The molecule has 2 aromatic carbocycles. The Morgan fingerprint density at radius 3 is 2.71 bits per heavy atom. The van der Waals surface area contributed by atoms with Crippen LogP contribution in [-0.2, 0) is 25.4 Å². The molecule has 2 aromatic heterocycles. The molecule has 0 saturated heterocycles. The number of fused-ring (bicyclic) bond motifs is 2. The highest BCUT2D eigenvalue weighted by molar-refractivity contribution is 7.99. The number of hydrogen-bond donors (Lipinski definition) is 1. The van der Waals surface area contributed by atoms with Crippen molar-refractivity contribution in [3.05, 3.63) is 73.9 Å². The van der Waals surface area contributed by atoms with E-state index in [4.69, 9.17) is 21.1 Å².